The van der Waals surface area contributed by atoms with E-state index >= 15 is 0 Å². The van der Waals surface area contributed by atoms with Crippen molar-refractivity contribution in [3.05, 3.63) is 0 Å². The highest BCUT2D eigenvalue weighted by molar-refractivity contribution is 5.81. The standard InChI is InChI=1S/C22H38O3/c1-6-7-12-15-19-20(25-19)22(5,24)17-14-11-9-8-10-13-16-21(3,4)18(2)23/h19-20,24H,6-13,15-16H2,1-5H3. The quantitative estimate of drug-likeness (QED) is 0.304. The van der Waals surface area contributed by atoms with E-state index in [1.807, 2.05) is 13.8 Å². The van der Waals surface area contributed by atoms with Gasteiger partial charge in [0, 0.05) is 11.8 Å². The molecule has 0 aliphatic carbocycles. The SMILES string of the molecule is CCCCCC1OC1C(C)(O)C#CCCCCCCC(C)(C)C(C)=O. The molecule has 144 valence electrons. The number of rotatable bonds is 12. The van der Waals surface area contributed by atoms with Crippen LogP contribution in [-0.4, -0.2) is 28.7 Å². The van der Waals surface area contributed by atoms with Crippen LogP contribution in [0, 0.1) is 17.3 Å². The molecule has 1 rings (SSSR count). The second kappa shape index (κ2) is 10.3. The van der Waals surface area contributed by atoms with E-state index in [4.69, 9.17) is 4.74 Å². The highest BCUT2D eigenvalue weighted by Crippen LogP contribution is 2.35. The number of ether oxygens (including phenoxy) is 1. The first kappa shape index (κ1) is 22.2. The molecule has 3 atom stereocenters. The third-order valence-electron chi connectivity index (χ3n) is 5.38. The van der Waals surface area contributed by atoms with Crippen molar-refractivity contribution in [1.82, 2.24) is 0 Å². The fourth-order valence-electron chi connectivity index (χ4n) is 3.07. The van der Waals surface area contributed by atoms with Gasteiger partial charge in [0.1, 0.15) is 11.9 Å². The number of unbranched alkanes of at least 4 members (excludes halogenated alkanes) is 6. The van der Waals surface area contributed by atoms with Crippen molar-refractivity contribution in [3.63, 3.8) is 0 Å². The zero-order valence-electron chi connectivity index (χ0n) is 17.0. The maximum absolute atomic E-state index is 11.5. The molecule has 1 aliphatic rings. The lowest BCUT2D eigenvalue weighted by Crippen LogP contribution is -2.30. The van der Waals surface area contributed by atoms with Crippen LogP contribution in [0.2, 0.25) is 0 Å². The minimum atomic E-state index is -1.01. The highest BCUT2D eigenvalue weighted by atomic mass is 16.6. The van der Waals surface area contributed by atoms with E-state index in [2.05, 4.69) is 18.8 Å². The van der Waals surface area contributed by atoms with Crippen LogP contribution in [0.5, 0.6) is 0 Å². The zero-order chi connectivity index (χ0) is 18.9. The van der Waals surface area contributed by atoms with Gasteiger partial charge in [-0.1, -0.05) is 65.2 Å². The lowest BCUT2D eigenvalue weighted by Gasteiger charge is -2.20. The van der Waals surface area contributed by atoms with E-state index in [0.29, 0.717) is 0 Å². The van der Waals surface area contributed by atoms with Crippen molar-refractivity contribution in [2.75, 3.05) is 0 Å². The van der Waals surface area contributed by atoms with Gasteiger partial charge in [-0.15, -0.1) is 5.92 Å². The maximum Gasteiger partial charge on any atom is 0.151 e. The topological polar surface area (TPSA) is 49.8 Å². The van der Waals surface area contributed by atoms with Crippen LogP contribution in [0.1, 0.15) is 98.8 Å². The summed E-state index contributed by atoms with van der Waals surface area (Å²) < 4.78 is 5.61. The molecular formula is C22H38O3. The molecule has 0 saturated carbocycles. The molecule has 1 saturated heterocycles. The van der Waals surface area contributed by atoms with Crippen LogP contribution < -0.4 is 0 Å². The van der Waals surface area contributed by atoms with Gasteiger partial charge >= 0.3 is 0 Å². The Bertz CT molecular complexity index is 467. The van der Waals surface area contributed by atoms with Gasteiger partial charge in [0.05, 0.1) is 6.10 Å². The molecule has 0 radical (unpaired) electrons. The average Bonchev–Trinajstić information content (AvgIpc) is 3.30. The summed E-state index contributed by atoms with van der Waals surface area (Å²) in [4.78, 5) is 11.5. The lowest BCUT2D eigenvalue weighted by atomic mass is 9.83. The van der Waals surface area contributed by atoms with Gasteiger partial charge in [-0.2, -0.15) is 0 Å². The molecule has 1 fully saturated rings. The number of aliphatic hydroxyl groups is 1. The van der Waals surface area contributed by atoms with Gasteiger partial charge < -0.3 is 9.84 Å². The van der Waals surface area contributed by atoms with Crippen LogP contribution in [-0.2, 0) is 9.53 Å². The molecule has 1 heterocycles. The summed E-state index contributed by atoms with van der Waals surface area (Å²) in [5.74, 6) is 6.41. The molecule has 3 unspecified atom stereocenters. The normalized spacial score (nSPS) is 22.0. The molecule has 1 N–H and O–H groups in total. The Morgan fingerprint density at radius 2 is 1.76 bits per heavy atom. The summed E-state index contributed by atoms with van der Waals surface area (Å²) in [5.41, 5.74) is -1.20. The minimum Gasteiger partial charge on any atom is -0.375 e. The van der Waals surface area contributed by atoms with E-state index < -0.39 is 5.60 Å². The molecule has 0 aromatic rings. The van der Waals surface area contributed by atoms with Crippen LogP contribution >= 0.6 is 0 Å². The van der Waals surface area contributed by atoms with E-state index in [-0.39, 0.29) is 23.4 Å². The summed E-state index contributed by atoms with van der Waals surface area (Å²) in [7, 11) is 0. The number of carbonyl (C=O) groups is 1. The monoisotopic (exact) mass is 350 g/mol. The van der Waals surface area contributed by atoms with Crippen molar-refractivity contribution in [2.24, 2.45) is 5.41 Å². The molecule has 25 heavy (non-hydrogen) atoms. The zero-order valence-corrected chi connectivity index (χ0v) is 17.0. The van der Waals surface area contributed by atoms with Crippen molar-refractivity contribution in [2.45, 2.75) is 117 Å². The number of hydrogen-bond acceptors (Lipinski definition) is 3. The highest BCUT2D eigenvalue weighted by Gasteiger charge is 2.50. The van der Waals surface area contributed by atoms with Crippen LogP contribution in [0.4, 0.5) is 0 Å². The van der Waals surface area contributed by atoms with Gasteiger partial charge in [0.2, 0.25) is 0 Å². The second-order valence-electron chi connectivity index (χ2n) is 8.39. The fraction of sp³-hybridized carbons (Fsp3) is 0.864. The number of hydrogen-bond donors (Lipinski definition) is 1. The summed E-state index contributed by atoms with van der Waals surface area (Å²) >= 11 is 0. The Kier molecular flexibility index (Phi) is 9.17. The lowest BCUT2D eigenvalue weighted by molar-refractivity contribution is -0.125. The molecular weight excluding hydrogens is 312 g/mol. The predicted molar refractivity (Wildman–Crippen MR) is 103 cm³/mol. The molecule has 3 nitrogen and oxygen atoms in total. The minimum absolute atomic E-state index is 0.106. The first-order valence-electron chi connectivity index (χ1n) is 10.1. The van der Waals surface area contributed by atoms with Crippen LogP contribution in [0.3, 0.4) is 0 Å². The van der Waals surface area contributed by atoms with Crippen LogP contribution in [0.25, 0.3) is 0 Å². The Balaban J connectivity index is 2.13. The van der Waals surface area contributed by atoms with Crippen molar-refractivity contribution >= 4 is 5.78 Å². The number of carbonyl (C=O) groups excluding carboxylic acids is 1. The molecule has 1 aliphatic heterocycles. The molecule has 0 amide bonds. The Hall–Kier alpha value is -0.850. The van der Waals surface area contributed by atoms with E-state index in [1.54, 1.807) is 13.8 Å². The van der Waals surface area contributed by atoms with Crippen molar-refractivity contribution < 1.29 is 14.6 Å². The predicted octanol–water partition coefficient (Wildman–Crippen LogP) is 5.04. The summed E-state index contributed by atoms with van der Waals surface area (Å²) in [6.07, 6.45) is 10.9. The van der Waals surface area contributed by atoms with E-state index in [1.165, 1.54) is 19.3 Å². The average molecular weight is 351 g/mol. The third-order valence-corrected chi connectivity index (χ3v) is 5.38. The molecule has 0 spiro atoms. The van der Waals surface area contributed by atoms with Gasteiger partial charge in [0.15, 0.2) is 5.60 Å². The molecule has 0 bridgehead atoms. The second-order valence-corrected chi connectivity index (χ2v) is 8.39. The first-order valence-corrected chi connectivity index (χ1v) is 10.1. The first-order chi connectivity index (χ1) is 11.7. The van der Waals surface area contributed by atoms with Crippen molar-refractivity contribution in [3.8, 4) is 11.8 Å². The van der Waals surface area contributed by atoms with Gasteiger partial charge in [0.25, 0.3) is 0 Å². The maximum atomic E-state index is 11.5. The molecule has 0 aromatic heterocycles. The Morgan fingerprint density at radius 3 is 2.40 bits per heavy atom. The van der Waals surface area contributed by atoms with Crippen LogP contribution in [0.15, 0.2) is 0 Å². The van der Waals surface area contributed by atoms with E-state index in [9.17, 15) is 9.90 Å². The number of ketones is 1. The summed E-state index contributed by atoms with van der Waals surface area (Å²) in [6, 6.07) is 0. The number of Topliss-reactive ketones (excluding diaryl/α,β-unsaturated/α-hetero) is 1. The Labute approximate surface area is 154 Å². The summed E-state index contributed by atoms with van der Waals surface area (Å²) in [6.45, 7) is 9.70. The largest absolute Gasteiger partial charge is 0.375 e. The van der Waals surface area contributed by atoms with Gasteiger partial charge in [-0.05, 0) is 33.1 Å². The van der Waals surface area contributed by atoms with Crippen molar-refractivity contribution in [1.29, 1.82) is 0 Å². The fourth-order valence-corrected chi connectivity index (χ4v) is 3.07. The molecule has 0 aromatic carbocycles. The smallest absolute Gasteiger partial charge is 0.151 e. The Morgan fingerprint density at radius 1 is 1.08 bits per heavy atom. The third kappa shape index (κ3) is 8.38. The number of epoxide rings is 1. The van der Waals surface area contributed by atoms with E-state index in [0.717, 1.165) is 44.9 Å². The molecule has 3 heteroatoms. The van der Waals surface area contributed by atoms with Gasteiger partial charge in [-0.3, -0.25) is 4.79 Å². The summed E-state index contributed by atoms with van der Waals surface area (Å²) in [5, 5.41) is 10.4. The van der Waals surface area contributed by atoms with Gasteiger partial charge in [-0.25, -0.2) is 0 Å².